The van der Waals surface area contributed by atoms with Gasteiger partial charge in [0.1, 0.15) is 5.75 Å². The van der Waals surface area contributed by atoms with Crippen LogP contribution in [-0.2, 0) is 20.0 Å². The molecule has 1 aliphatic rings. The quantitative estimate of drug-likeness (QED) is 0.850. The normalized spacial score (nSPS) is 14.4. The zero-order valence-corrected chi connectivity index (χ0v) is 12.8. The lowest BCUT2D eigenvalue weighted by molar-refractivity contribution is 0.312. The summed E-state index contributed by atoms with van der Waals surface area (Å²) >= 11 is 0. The number of aryl methyl sites for hydroxylation is 2. The fraction of sp³-hybridized carbons (Fsp3) is 0.471. The van der Waals surface area contributed by atoms with Crippen molar-refractivity contribution in [3.05, 3.63) is 47.3 Å². The maximum absolute atomic E-state index is 6.07. The lowest BCUT2D eigenvalue weighted by atomic mass is 10.1. The molecule has 112 valence electrons. The van der Waals surface area contributed by atoms with Gasteiger partial charge in [-0.05, 0) is 31.4 Å². The highest BCUT2D eigenvalue weighted by molar-refractivity contribution is 5.40. The summed E-state index contributed by atoms with van der Waals surface area (Å²) in [4.78, 5) is 0. The fourth-order valence-electron chi connectivity index (χ4n) is 2.50. The number of hydrogen-bond acceptors (Lipinski definition) is 3. The third-order valence-electron chi connectivity index (χ3n) is 3.98. The molecule has 4 nitrogen and oxygen atoms in total. The molecule has 0 radical (unpaired) electrons. The van der Waals surface area contributed by atoms with Crippen molar-refractivity contribution in [2.24, 2.45) is 7.05 Å². The molecule has 0 saturated heterocycles. The third-order valence-corrected chi connectivity index (χ3v) is 3.98. The molecule has 0 aliphatic heterocycles. The summed E-state index contributed by atoms with van der Waals surface area (Å²) in [6, 6.07) is 9.12. The Morgan fingerprint density at radius 1 is 1.33 bits per heavy atom. The molecule has 1 fully saturated rings. The van der Waals surface area contributed by atoms with Crippen molar-refractivity contribution in [2.45, 2.75) is 38.8 Å². The second-order valence-electron chi connectivity index (χ2n) is 5.76. The second-order valence-corrected chi connectivity index (χ2v) is 5.76. The Labute approximate surface area is 126 Å². The first-order valence-corrected chi connectivity index (χ1v) is 7.65. The lowest BCUT2D eigenvalue weighted by Crippen LogP contribution is -2.17. The maximum atomic E-state index is 6.07. The van der Waals surface area contributed by atoms with Crippen molar-refractivity contribution >= 4 is 0 Å². The van der Waals surface area contributed by atoms with Crippen LogP contribution in [0.25, 0.3) is 0 Å². The van der Waals surface area contributed by atoms with Crippen LogP contribution in [0.5, 0.6) is 5.75 Å². The van der Waals surface area contributed by atoms with Crippen molar-refractivity contribution < 1.29 is 4.74 Å². The number of para-hydroxylation sites is 1. The maximum Gasteiger partial charge on any atom is 0.126 e. The first kappa shape index (κ1) is 14.1. The van der Waals surface area contributed by atoms with E-state index in [0.29, 0.717) is 12.6 Å². The fourth-order valence-corrected chi connectivity index (χ4v) is 2.50. The van der Waals surface area contributed by atoms with Crippen molar-refractivity contribution in [3.63, 3.8) is 0 Å². The SMILES string of the molecule is Cc1cccc(CNC2CC2)c1OCCc1ccnn1C. The van der Waals surface area contributed by atoms with Crippen LogP contribution in [0.2, 0.25) is 0 Å². The van der Waals surface area contributed by atoms with Gasteiger partial charge in [0.15, 0.2) is 0 Å². The molecular formula is C17H23N3O. The average molecular weight is 285 g/mol. The first-order chi connectivity index (χ1) is 10.2. The van der Waals surface area contributed by atoms with Gasteiger partial charge < -0.3 is 10.1 Å². The van der Waals surface area contributed by atoms with Crippen LogP contribution in [0.4, 0.5) is 0 Å². The molecule has 2 aromatic rings. The number of nitrogens with zero attached hydrogens (tertiary/aromatic N) is 2. The Kier molecular flexibility index (Phi) is 4.25. The van der Waals surface area contributed by atoms with E-state index in [2.05, 4.69) is 35.5 Å². The van der Waals surface area contributed by atoms with E-state index in [4.69, 9.17) is 4.74 Å². The van der Waals surface area contributed by atoms with Gasteiger partial charge in [0.25, 0.3) is 0 Å². The molecule has 0 spiro atoms. The Morgan fingerprint density at radius 3 is 2.90 bits per heavy atom. The van der Waals surface area contributed by atoms with E-state index in [0.717, 1.165) is 18.7 Å². The zero-order valence-electron chi connectivity index (χ0n) is 12.8. The summed E-state index contributed by atoms with van der Waals surface area (Å²) in [5.74, 6) is 1.04. The van der Waals surface area contributed by atoms with E-state index >= 15 is 0 Å². The van der Waals surface area contributed by atoms with Gasteiger partial charge in [-0.1, -0.05) is 18.2 Å². The Morgan fingerprint density at radius 2 is 2.19 bits per heavy atom. The van der Waals surface area contributed by atoms with Gasteiger partial charge in [0.2, 0.25) is 0 Å². The molecule has 1 heterocycles. The molecule has 3 rings (SSSR count). The summed E-state index contributed by atoms with van der Waals surface area (Å²) in [6.07, 6.45) is 5.32. The predicted molar refractivity (Wildman–Crippen MR) is 83.4 cm³/mol. The molecule has 0 atom stereocenters. The average Bonchev–Trinajstić information content (AvgIpc) is 3.22. The van der Waals surface area contributed by atoms with E-state index in [1.165, 1.54) is 29.7 Å². The van der Waals surface area contributed by atoms with Gasteiger partial charge in [0, 0.05) is 43.5 Å². The Balaban J connectivity index is 1.61. The summed E-state index contributed by atoms with van der Waals surface area (Å²) in [7, 11) is 1.97. The number of aromatic nitrogens is 2. The predicted octanol–water partition coefficient (Wildman–Crippen LogP) is 2.60. The number of benzene rings is 1. The highest BCUT2D eigenvalue weighted by Gasteiger charge is 2.20. The minimum atomic E-state index is 0.681. The van der Waals surface area contributed by atoms with Crippen molar-refractivity contribution in [3.8, 4) is 5.75 Å². The molecule has 0 amide bonds. The molecule has 0 unspecified atom stereocenters. The number of hydrogen-bond donors (Lipinski definition) is 1. The largest absolute Gasteiger partial charge is 0.493 e. The Hall–Kier alpha value is -1.81. The minimum Gasteiger partial charge on any atom is -0.493 e. The summed E-state index contributed by atoms with van der Waals surface area (Å²) < 4.78 is 7.97. The molecule has 4 heteroatoms. The molecule has 1 aromatic heterocycles. The first-order valence-electron chi connectivity index (χ1n) is 7.65. The lowest BCUT2D eigenvalue weighted by Gasteiger charge is -2.14. The van der Waals surface area contributed by atoms with Gasteiger partial charge >= 0.3 is 0 Å². The summed E-state index contributed by atoms with van der Waals surface area (Å²) in [6.45, 7) is 3.69. The van der Waals surface area contributed by atoms with Gasteiger partial charge in [-0.3, -0.25) is 4.68 Å². The van der Waals surface area contributed by atoms with Crippen LogP contribution >= 0.6 is 0 Å². The summed E-state index contributed by atoms with van der Waals surface area (Å²) in [5, 5.41) is 7.74. The van der Waals surface area contributed by atoms with Gasteiger partial charge in [0.05, 0.1) is 6.61 Å². The highest BCUT2D eigenvalue weighted by atomic mass is 16.5. The van der Waals surface area contributed by atoms with Gasteiger partial charge in [-0.2, -0.15) is 5.10 Å². The van der Waals surface area contributed by atoms with Gasteiger partial charge in [-0.25, -0.2) is 0 Å². The van der Waals surface area contributed by atoms with Gasteiger partial charge in [-0.15, -0.1) is 0 Å². The number of ether oxygens (including phenoxy) is 1. The highest BCUT2D eigenvalue weighted by Crippen LogP contribution is 2.25. The van der Waals surface area contributed by atoms with E-state index < -0.39 is 0 Å². The molecule has 1 saturated carbocycles. The van der Waals surface area contributed by atoms with Crippen LogP contribution in [0.15, 0.2) is 30.5 Å². The van der Waals surface area contributed by atoms with Crippen molar-refractivity contribution in [2.75, 3.05) is 6.61 Å². The molecule has 1 aromatic carbocycles. The number of rotatable bonds is 7. The Bertz CT molecular complexity index is 602. The van der Waals surface area contributed by atoms with Crippen LogP contribution in [0.3, 0.4) is 0 Å². The smallest absolute Gasteiger partial charge is 0.126 e. The van der Waals surface area contributed by atoms with E-state index in [1.807, 2.05) is 24.0 Å². The minimum absolute atomic E-state index is 0.681. The standard InChI is InChI=1S/C17H23N3O/c1-13-4-3-5-14(12-18-15-6-7-15)17(13)21-11-9-16-8-10-19-20(16)2/h3-5,8,10,15,18H,6-7,9,11-12H2,1-2H3. The summed E-state index contributed by atoms with van der Waals surface area (Å²) in [5.41, 5.74) is 3.66. The van der Waals surface area contributed by atoms with Crippen LogP contribution in [0.1, 0.15) is 29.7 Å². The molecule has 0 bridgehead atoms. The van der Waals surface area contributed by atoms with Crippen LogP contribution in [0, 0.1) is 6.92 Å². The number of nitrogens with one attached hydrogen (secondary N) is 1. The monoisotopic (exact) mass is 285 g/mol. The molecular weight excluding hydrogens is 262 g/mol. The molecule has 21 heavy (non-hydrogen) atoms. The van der Waals surface area contributed by atoms with Crippen molar-refractivity contribution in [1.29, 1.82) is 0 Å². The second kappa shape index (κ2) is 6.31. The van der Waals surface area contributed by atoms with E-state index in [-0.39, 0.29) is 0 Å². The molecule has 1 N–H and O–H groups in total. The topological polar surface area (TPSA) is 39.1 Å². The van der Waals surface area contributed by atoms with E-state index in [9.17, 15) is 0 Å². The third kappa shape index (κ3) is 3.64. The van der Waals surface area contributed by atoms with Crippen LogP contribution in [-0.4, -0.2) is 22.4 Å². The van der Waals surface area contributed by atoms with Crippen molar-refractivity contribution in [1.82, 2.24) is 15.1 Å². The van der Waals surface area contributed by atoms with Crippen LogP contribution < -0.4 is 10.1 Å². The zero-order chi connectivity index (χ0) is 14.7. The van der Waals surface area contributed by atoms with E-state index in [1.54, 1.807) is 0 Å². The molecule has 1 aliphatic carbocycles.